The van der Waals surface area contributed by atoms with Gasteiger partial charge in [0.25, 0.3) is 0 Å². The molecule has 0 fully saturated rings. The first-order valence-corrected chi connectivity index (χ1v) is 4.11. The van der Waals surface area contributed by atoms with E-state index in [1.54, 1.807) is 5.01 Å². The van der Waals surface area contributed by atoms with Crippen molar-refractivity contribution in [3.63, 3.8) is 0 Å². The van der Waals surface area contributed by atoms with E-state index in [9.17, 15) is 0 Å². The number of hydrazone groups is 1. The van der Waals surface area contributed by atoms with Gasteiger partial charge in [-0.3, -0.25) is 0 Å². The molecule has 1 aliphatic rings. The molecule has 1 aromatic carbocycles. The molecule has 0 atom stereocenters. The Balaban J connectivity index is 2.32. The second kappa shape index (κ2) is 3.45. The summed E-state index contributed by atoms with van der Waals surface area (Å²) in [4.78, 5) is 0. The molecule has 1 heterocycles. The number of hydrogen-bond donors (Lipinski definition) is 1. The van der Waals surface area contributed by atoms with Gasteiger partial charge in [0.15, 0.2) is 13.1 Å². The molecule has 0 unspecified atom stereocenters. The highest BCUT2D eigenvalue weighted by Gasteiger charge is 2.11. The number of nitrogens with zero attached hydrogens (tertiary/aromatic N) is 2. The molecule has 0 saturated carbocycles. The minimum atomic E-state index is 0.469. The van der Waals surface area contributed by atoms with E-state index in [2.05, 4.69) is 5.10 Å². The molecule has 2 N–H and O–H groups in total. The van der Waals surface area contributed by atoms with Crippen LogP contribution in [0.15, 0.2) is 29.4 Å². The van der Waals surface area contributed by atoms with Gasteiger partial charge >= 0.3 is 0 Å². The Morgan fingerprint density at radius 2 is 2.31 bits per heavy atom. The Hall–Kier alpha value is -1.55. The molecule has 0 amide bonds. The van der Waals surface area contributed by atoms with Gasteiger partial charge in [0.05, 0.1) is 5.69 Å². The summed E-state index contributed by atoms with van der Waals surface area (Å²) in [5, 5.41) is 5.83. The fourth-order valence-corrected chi connectivity index (χ4v) is 1.29. The van der Waals surface area contributed by atoms with Crippen molar-refractivity contribution < 1.29 is 4.74 Å². The first-order chi connectivity index (χ1) is 6.42. The molecule has 13 heavy (non-hydrogen) atoms. The molecular formula is C9H11N3O. The lowest BCUT2D eigenvalue weighted by Gasteiger charge is -2.14. The largest absolute Gasteiger partial charge is 0.459 e. The van der Waals surface area contributed by atoms with Crippen LogP contribution in [0.5, 0.6) is 0 Å². The highest BCUT2D eigenvalue weighted by molar-refractivity contribution is 5.59. The van der Waals surface area contributed by atoms with E-state index in [0.29, 0.717) is 13.3 Å². The van der Waals surface area contributed by atoms with Gasteiger partial charge in [0, 0.05) is 6.54 Å². The molecule has 0 aromatic heterocycles. The molecule has 0 radical (unpaired) electrons. The second-order valence-corrected chi connectivity index (χ2v) is 2.75. The number of hydrogen-bond acceptors (Lipinski definition) is 4. The van der Waals surface area contributed by atoms with E-state index in [1.165, 1.54) is 6.40 Å². The molecule has 2 rings (SSSR count). The third-order valence-electron chi connectivity index (χ3n) is 1.95. The molecule has 1 aliphatic heterocycles. The van der Waals surface area contributed by atoms with E-state index in [0.717, 1.165) is 11.3 Å². The van der Waals surface area contributed by atoms with Crippen molar-refractivity contribution in [3.8, 4) is 0 Å². The SMILES string of the molecule is NCc1ccccc1N1COC=N1. The standard InChI is InChI=1S/C9H11N3O/c10-5-8-3-1-2-4-9(8)12-7-13-6-11-12/h1-4,6H,5,7,10H2. The fraction of sp³-hybridized carbons (Fsp3) is 0.222. The summed E-state index contributed by atoms with van der Waals surface area (Å²) >= 11 is 0. The number of benzene rings is 1. The predicted octanol–water partition coefficient (Wildman–Crippen LogP) is 0.883. The van der Waals surface area contributed by atoms with Crippen LogP contribution < -0.4 is 10.7 Å². The molecule has 4 nitrogen and oxygen atoms in total. The summed E-state index contributed by atoms with van der Waals surface area (Å²) in [6.45, 7) is 0.985. The zero-order chi connectivity index (χ0) is 9.10. The Kier molecular flexibility index (Phi) is 2.14. The zero-order valence-electron chi connectivity index (χ0n) is 7.18. The van der Waals surface area contributed by atoms with E-state index in [1.807, 2.05) is 24.3 Å². The third-order valence-corrected chi connectivity index (χ3v) is 1.95. The van der Waals surface area contributed by atoms with Crippen molar-refractivity contribution >= 4 is 12.1 Å². The summed E-state index contributed by atoms with van der Waals surface area (Å²) in [6, 6.07) is 7.89. The quantitative estimate of drug-likeness (QED) is 0.729. The second-order valence-electron chi connectivity index (χ2n) is 2.75. The van der Waals surface area contributed by atoms with Gasteiger partial charge in [-0.1, -0.05) is 18.2 Å². The summed E-state index contributed by atoms with van der Waals surface area (Å²) in [7, 11) is 0. The number of rotatable bonds is 2. The van der Waals surface area contributed by atoms with Crippen LogP contribution in [0.1, 0.15) is 5.56 Å². The van der Waals surface area contributed by atoms with Gasteiger partial charge in [-0.15, -0.1) is 5.10 Å². The molecule has 1 aromatic rings. The lowest BCUT2D eigenvalue weighted by Crippen LogP contribution is -2.15. The van der Waals surface area contributed by atoms with Crippen LogP contribution in [0.25, 0.3) is 0 Å². The summed E-state index contributed by atoms with van der Waals surface area (Å²) in [5.41, 5.74) is 7.69. The van der Waals surface area contributed by atoms with Crippen LogP contribution in [0.3, 0.4) is 0 Å². The molecule has 4 heteroatoms. The minimum Gasteiger partial charge on any atom is -0.459 e. The van der Waals surface area contributed by atoms with E-state index in [4.69, 9.17) is 10.5 Å². The van der Waals surface area contributed by atoms with Crippen molar-refractivity contribution in [2.24, 2.45) is 10.8 Å². The van der Waals surface area contributed by atoms with E-state index in [-0.39, 0.29) is 0 Å². The van der Waals surface area contributed by atoms with Gasteiger partial charge in [0.2, 0.25) is 0 Å². The Labute approximate surface area is 76.6 Å². The van der Waals surface area contributed by atoms with E-state index < -0.39 is 0 Å². The summed E-state index contributed by atoms with van der Waals surface area (Å²) in [5.74, 6) is 0. The lowest BCUT2D eigenvalue weighted by atomic mass is 10.2. The van der Waals surface area contributed by atoms with Crippen LogP contribution in [0.4, 0.5) is 5.69 Å². The van der Waals surface area contributed by atoms with Gasteiger partial charge in [-0.25, -0.2) is 5.01 Å². The van der Waals surface area contributed by atoms with Crippen LogP contribution in [0, 0.1) is 0 Å². The maximum absolute atomic E-state index is 5.60. The number of nitrogens with two attached hydrogens (primary N) is 1. The minimum absolute atomic E-state index is 0.469. The first kappa shape index (κ1) is 8.07. The van der Waals surface area contributed by atoms with Crippen molar-refractivity contribution in [2.45, 2.75) is 6.54 Å². The average Bonchev–Trinajstić information content (AvgIpc) is 2.70. The fourth-order valence-electron chi connectivity index (χ4n) is 1.29. The van der Waals surface area contributed by atoms with Gasteiger partial charge in [-0.2, -0.15) is 0 Å². The van der Waals surface area contributed by atoms with Crippen LogP contribution in [-0.4, -0.2) is 13.1 Å². The Bertz CT molecular complexity index is 324. The van der Waals surface area contributed by atoms with Gasteiger partial charge in [0.1, 0.15) is 0 Å². The number of para-hydroxylation sites is 1. The monoisotopic (exact) mass is 177 g/mol. The Morgan fingerprint density at radius 3 is 3.00 bits per heavy atom. The lowest BCUT2D eigenvalue weighted by molar-refractivity contribution is 0.350. The van der Waals surface area contributed by atoms with Crippen molar-refractivity contribution in [1.29, 1.82) is 0 Å². The summed E-state index contributed by atoms with van der Waals surface area (Å²) < 4.78 is 5.00. The molecule has 68 valence electrons. The van der Waals surface area contributed by atoms with Crippen LogP contribution in [0.2, 0.25) is 0 Å². The normalized spacial score (nSPS) is 14.7. The number of anilines is 1. The van der Waals surface area contributed by atoms with Crippen molar-refractivity contribution in [3.05, 3.63) is 29.8 Å². The predicted molar refractivity (Wildman–Crippen MR) is 51.3 cm³/mol. The highest BCUT2D eigenvalue weighted by Crippen LogP contribution is 2.21. The van der Waals surface area contributed by atoms with Gasteiger partial charge in [-0.05, 0) is 11.6 Å². The zero-order valence-corrected chi connectivity index (χ0v) is 7.18. The van der Waals surface area contributed by atoms with Crippen LogP contribution in [-0.2, 0) is 11.3 Å². The summed E-state index contributed by atoms with van der Waals surface area (Å²) in [6.07, 6.45) is 1.44. The van der Waals surface area contributed by atoms with Crippen LogP contribution >= 0.6 is 0 Å². The van der Waals surface area contributed by atoms with Crippen molar-refractivity contribution in [1.82, 2.24) is 0 Å². The maximum Gasteiger partial charge on any atom is 0.195 e. The first-order valence-electron chi connectivity index (χ1n) is 4.11. The number of ether oxygens (including phenoxy) is 1. The average molecular weight is 177 g/mol. The highest BCUT2D eigenvalue weighted by atomic mass is 16.5. The smallest absolute Gasteiger partial charge is 0.195 e. The third kappa shape index (κ3) is 1.48. The van der Waals surface area contributed by atoms with Gasteiger partial charge < -0.3 is 10.5 Å². The van der Waals surface area contributed by atoms with E-state index >= 15 is 0 Å². The molecule has 0 saturated heterocycles. The Morgan fingerprint density at radius 1 is 1.46 bits per heavy atom. The topological polar surface area (TPSA) is 50.8 Å². The molecular weight excluding hydrogens is 166 g/mol. The molecule has 0 aliphatic carbocycles. The molecule has 0 bridgehead atoms. The van der Waals surface area contributed by atoms with Crippen molar-refractivity contribution in [2.75, 3.05) is 11.7 Å². The maximum atomic E-state index is 5.60. The molecule has 0 spiro atoms.